The SMILES string of the molecule is CC(C)[C@H](NC(=O)C12CC3CC(CC(C3)C1)C2)C(=O)OCC(=O)c1ccc(Br)cc1. The molecule has 0 saturated heterocycles. The fraction of sp³-hybridized carbons (Fsp3) is 0.625. The number of carbonyl (C=O) groups excluding carboxylic acids is 3. The average Bonchev–Trinajstić information content (AvgIpc) is 2.69. The van der Waals surface area contributed by atoms with Crippen LogP contribution in [0.1, 0.15) is 62.7 Å². The van der Waals surface area contributed by atoms with Gasteiger partial charge >= 0.3 is 5.97 Å². The van der Waals surface area contributed by atoms with Gasteiger partial charge in [0.1, 0.15) is 6.04 Å². The largest absolute Gasteiger partial charge is 0.456 e. The Kier molecular flexibility index (Phi) is 6.06. The molecule has 0 radical (unpaired) electrons. The molecule has 162 valence electrons. The molecule has 5 rings (SSSR count). The molecule has 1 atom stereocenters. The van der Waals surface area contributed by atoms with E-state index in [0.29, 0.717) is 23.3 Å². The van der Waals surface area contributed by atoms with Crippen LogP contribution in [0.25, 0.3) is 0 Å². The summed E-state index contributed by atoms with van der Waals surface area (Å²) in [6, 6.07) is 6.20. The number of hydrogen-bond donors (Lipinski definition) is 1. The molecule has 4 saturated carbocycles. The summed E-state index contributed by atoms with van der Waals surface area (Å²) in [5.74, 6) is 1.09. The maximum absolute atomic E-state index is 13.3. The topological polar surface area (TPSA) is 72.5 Å². The molecule has 1 amide bonds. The van der Waals surface area contributed by atoms with Crippen molar-refractivity contribution in [2.45, 2.75) is 58.4 Å². The Morgan fingerprint density at radius 1 is 1.03 bits per heavy atom. The molecular formula is C24H30BrNO4. The van der Waals surface area contributed by atoms with Crippen LogP contribution in [0.3, 0.4) is 0 Å². The van der Waals surface area contributed by atoms with Crippen molar-refractivity contribution >= 4 is 33.6 Å². The number of halogens is 1. The van der Waals surface area contributed by atoms with Crippen molar-refractivity contribution in [3.05, 3.63) is 34.3 Å². The van der Waals surface area contributed by atoms with Gasteiger partial charge in [-0.2, -0.15) is 0 Å². The van der Waals surface area contributed by atoms with E-state index in [4.69, 9.17) is 4.74 Å². The molecule has 1 aromatic rings. The summed E-state index contributed by atoms with van der Waals surface area (Å²) in [5.41, 5.74) is 0.180. The van der Waals surface area contributed by atoms with Gasteiger partial charge in [-0.25, -0.2) is 4.79 Å². The molecule has 6 heteroatoms. The summed E-state index contributed by atoms with van der Waals surface area (Å²) < 4.78 is 6.19. The molecule has 30 heavy (non-hydrogen) atoms. The molecule has 4 aliphatic rings. The fourth-order valence-corrected chi connectivity index (χ4v) is 6.39. The zero-order valence-electron chi connectivity index (χ0n) is 17.7. The first-order valence-electron chi connectivity index (χ1n) is 11.0. The van der Waals surface area contributed by atoms with Gasteiger partial charge in [0.2, 0.25) is 5.91 Å². The number of amides is 1. The van der Waals surface area contributed by atoms with Crippen LogP contribution in [0.2, 0.25) is 0 Å². The molecule has 0 aliphatic heterocycles. The highest BCUT2D eigenvalue weighted by Crippen LogP contribution is 2.60. The van der Waals surface area contributed by atoms with Crippen LogP contribution in [0, 0.1) is 29.1 Å². The van der Waals surface area contributed by atoms with Crippen molar-refractivity contribution in [1.29, 1.82) is 0 Å². The van der Waals surface area contributed by atoms with Gasteiger partial charge in [-0.3, -0.25) is 9.59 Å². The predicted octanol–water partition coefficient (Wildman–Crippen LogP) is 4.53. The summed E-state index contributed by atoms with van der Waals surface area (Å²) in [5, 5.41) is 3.01. The van der Waals surface area contributed by atoms with Crippen LogP contribution < -0.4 is 5.32 Å². The zero-order chi connectivity index (χ0) is 21.5. The standard InChI is InChI=1S/C24H30BrNO4/c1-14(2)21(22(28)30-13-20(27)18-3-5-19(25)6-4-18)26-23(29)24-10-15-7-16(11-24)9-17(8-15)12-24/h3-6,14-17,21H,7-13H2,1-2H3,(H,26,29)/t15?,16?,17?,21-,24?/m0/s1. The Morgan fingerprint density at radius 2 is 1.57 bits per heavy atom. The number of nitrogens with one attached hydrogen (secondary N) is 1. The smallest absolute Gasteiger partial charge is 0.329 e. The molecule has 4 aliphatic carbocycles. The highest BCUT2D eigenvalue weighted by atomic mass is 79.9. The maximum atomic E-state index is 13.3. The number of hydrogen-bond acceptors (Lipinski definition) is 4. The van der Waals surface area contributed by atoms with E-state index in [2.05, 4.69) is 21.2 Å². The molecular weight excluding hydrogens is 446 g/mol. The lowest BCUT2D eigenvalue weighted by atomic mass is 9.49. The van der Waals surface area contributed by atoms with E-state index in [-0.39, 0.29) is 29.6 Å². The third-order valence-corrected chi connectivity index (χ3v) is 7.77. The predicted molar refractivity (Wildman–Crippen MR) is 117 cm³/mol. The van der Waals surface area contributed by atoms with Crippen LogP contribution in [-0.4, -0.2) is 30.3 Å². The van der Waals surface area contributed by atoms with Crippen molar-refractivity contribution in [3.8, 4) is 0 Å². The van der Waals surface area contributed by atoms with E-state index in [0.717, 1.165) is 23.7 Å². The molecule has 4 fully saturated rings. The number of rotatable bonds is 7. The third kappa shape index (κ3) is 4.34. The van der Waals surface area contributed by atoms with E-state index >= 15 is 0 Å². The van der Waals surface area contributed by atoms with Gasteiger partial charge in [-0.15, -0.1) is 0 Å². The van der Waals surface area contributed by atoms with Crippen molar-refractivity contribution in [1.82, 2.24) is 5.32 Å². The number of ether oxygens (including phenoxy) is 1. The van der Waals surface area contributed by atoms with Crippen molar-refractivity contribution in [2.24, 2.45) is 29.1 Å². The highest BCUT2D eigenvalue weighted by Gasteiger charge is 2.55. The minimum atomic E-state index is -0.733. The van der Waals surface area contributed by atoms with Gasteiger partial charge in [0.25, 0.3) is 0 Å². The van der Waals surface area contributed by atoms with Crippen LogP contribution in [0.15, 0.2) is 28.7 Å². The van der Waals surface area contributed by atoms with Crippen molar-refractivity contribution in [2.75, 3.05) is 6.61 Å². The molecule has 4 bridgehead atoms. The lowest BCUT2D eigenvalue weighted by molar-refractivity contribution is -0.154. The van der Waals surface area contributed by atoms with Gasteiger partial charge in [0.15, 0.2) is 12.4 Å². The van der Waals surface area contributed by atoms with Crippen LogP contribution >= 0.6 is 15.9 Å². The normalized spacial score (nSPS) is 30.2. The second-order valence-corrected chi connectivity index (χ2v) is 10.8. The number of benzene rings is 1. The fourth-order valence-electron chi connectivity index (χ4n) is 6.13. The van der Waals surface area contributed by atoms with E-state index in [9.17, 15) is 14.4 Å². The van der Waals surface area contributed by atoms with Gasteiger partial charge in [-0.05, 0) is 74.3 Å². The third-order valence-electron chi connectivity index (χ3n) is 7.24. The Labute approximate surface area is 186 Å². The summed E-state index contributed by atoms with van der Waals surface area (Å²) >= 11 is 3.33. The van der Waals surface area contributed by atoms with Crippen molar-refractivity contribution < 1.29 is 19.1 Å². The molecule has 1 aromatic carbocycles. The minimum Gasteiger partial charge on any atom is -0.456 e. The van der Waals surface area contributed by atoms with E-state index < -0.39 is 12.0 Å². The van der Waals surface area contributed by atoms with Crippen molar-refractivity contribution in [3.63, 3.8) is 0 Å². The van der Waals surface area contributed by atoms with Crippen LogP contribution in [-0.2, 0) is 14.3 Å². The van der Waals surface area contributed by atoms with E-state index in [1.54, 1.807) is 24.3 Å². The Hall–Kier alpha value is -1.69. The molecule has 0 heterocycles. The average molecular weight is 476 g/mol. The van der Waals surface area contributed by atoms with E-state index in [1.807, 2.05) is 13.8 Å². The van der Waals surface area contributed by atoms with E-state index in [1.165, 1.54) is 19.3 Å². The molecule has 0 aromatic heterocycles. The maximum Gasteiger partial charge on any atom is 0.329 e. The first-order valence-corrected chi connectivity index (χ1v) is 11.8. The second-order valence-electron chi connectivity index (χ2n) is 9.93. The quantitative estimate of drug-likeness (QED) is 0.464. The number of esters is 1. The lowest BCUT2D eigenvalue weighted by Gasteiger charge is -2.55. The Bertz CT molecular complexity index is 797. The number of Topliss-reactive ketones (excluding diaryl/α,β-unsaturated/α-hetero) is 1. The molecule has 1 N–H and O–H groups in total. The summed E-state index contributed by atoms with van der Waals surface area (Å²) in [7, 11) is 0. The monoisotopic (exact) mass is 475 g/mol. The Balaban J connectivity index is 1.37. The summed E-state index contributed by atoms with van der Waals surface area (Å²) in [4.78, 5) is 38.4. The first kappa shape index (κ1) is 21.5. The highest BCUT2D eigenvalue weighted by molar-refractivity contribution is 9.10. The van der Waals surface area contributed by atoms with Crippen LogP contribution in [0.5, 0.6) is 0 Å². The number of carbonyl (C=O) groups is 3. The van der Waals surface area contributed by atoms with Gasteiger partial charge < -0.3 is 10.1 Å². The second kappa shape index (κ2) is 8.45. The Morgan fingerprint density at radius 3 is 2.07 bits per heavy atom. The molecule has 0 unspecified atom stereocenters. The number of ketones is 1. The van der Waals surface area contributed by atoms with Crippen LogP contribution in [0.4, 0.5) is 0 Å². The van der Waals surface area contributed by atoms with Gasteiger partial charge in [-0.1, -0.05) is 41.9 Å². The summed E-state index contributed by atoms with van der Waals surface area (Å²) in [6.45, 7) is 3.46. The zero-order valence-corrected chi connectivity index (χ0v) is 19.2. The summed E-state index contributed by atoms with van der Waals surface area (Å²) in [6.07, 6.45) is 6.65. The minimum absolute atomic E-state index is 0.0106. The first-order chi connectivity index (χ1) is 14.3. The molecule has 0 spiro atoms. The molecule has 5 nitrogen and oxygen atoms in total. The lowest BCUT2D eigenvalue weighted by Crippen LogP contribution is -2.57. The van der Waals surface area contributed by atoms with Gasteiger partial charge in [0.05, 0.1) is 0 Å². The van der Waals surface area contributed by atoms with Gasteiger partial charge in [0, 0.05) is 15.5 Å².